The quantitative estimate of drug-likeness (QED) is 0.676. The van der Waals surface area contributed by atoms with Crippen molar-refractivity contribution in [2.45, 2.75) is 0 Å². The van der Waals surface area contributed by atoms with E-state index < -0.39 is 5.91 Å². The highest BCUT2D eigenvalue weighted by Crippen LogP contribution is 2.10. The summed E-state index contributed by atoms with van der Waals surface area (Å²) in [4.78, 5) is 23.6. The van der Waals surface area contributed by atoms with Crippen LogP contribution in [0.25, 0.3) is 6.08 Å². The van der Waals surface area contributed by atoms with Crippen molar-refractivity contribution in [3.63, 3.8) is 0 Å². The van der Waals surface area contributed by atoms with E-state index in [1.165, 1.54) is 17.4 Å². The van der Waals surface area contributed by atoms with Crippen molar-refractivity contribution < 1.29 is 9.59 Å². The summed E-state index contributed by atoms with van der Waals surface area (Å²) in [6.45, 7) is 0. The molecule has 0 aliphatic heterocycles. The first-order chi connectivity index (χ1) is 9.65. The second-order valence-corrected chi connectivity index (χ2v) is 5.19. The van der Waals surface area contributed by atoms with Crippen molar-refractivity contribution in [3.05, 3.63) is 63.3 Å². The van der Waals surface area contributed by atoms with Gasteiger partial charge >= 0.3 is 0 Å². The Kier molecular flexibility index (Phi) is 4.92. The fourth-order valence-corrected chi connectivity index (χ4v) is 2.12. The summed E-state index contributed by atoms with van der Waals surface area (Å²) in [5, 5.41) is 2.42. The van der Waals surface area contributed by atoms with Gasteiger partial charge < -0.3 is 0 Å². The molecule has 1 aromatic heterocycles. The van der Waals surface area contributed by atoms with Gasteiger partial charge in [-0.25, -0.2) is 0 Å². The summed E-state index contributed by atoms with van der Waals surface area (Å²) in [5.41, 5.74) is 5.48. The second-order valence-electron chi connectivity index (χ2n) is 3.81. The molecule has 0 bridgehead atoms. The smallest absolute Gasteiger partial charge is 0.268 e. The van der Waals surface area contributed by atoms with Crippen molar-refractivity contribution in [1.29, 1.82) is 0 Å². The van der Waals surface area contributed by atoms with E-state index in [-0.39, 0.29) is 5.91 Å². The highest BCUT2D eigenvalue weighted by Gasteiger charge is 2.05. The Labute approximate surface area is 125 Å². The number of rotatable bonds is 3. The molecule has 6 heteroatoms. The third-order valence-corrected chi connectivity index (χ3v) is 3.46. The minimum atomic E-state index is -0.412. The van der Waals surface area contributed by atoms with Crippen LogP contribution in [0.4, 0.5) is 0 Å². The van der Waals surface area contributed by atoms with Gasteiger partial charge in [-0.1, -0.05) is 29.8 Å². The van der Waals surface area contributed by atoms with Crippen LogP contribution in [0.15, 0.2) is 47.9 Å². The molecule has 2 amide bonds. The summed E-state index contributed by atoms with van der Waals surface area (Å²) >= 11 is 7.06. The van der Waals surface area contributed by atoms with Crippen molar-refractivity contribution in [3.8, 4) is 0 Å². The number of carbonyl (C=O) groups is 2. The van der Waals surface area contributed by atoms with E-state index in [4.69, 9.17) is 11.6 Å². The van der Waals surface area contributed by atoms with Crippen LogP contribution in [-0.2, 0) is 4.79 Å². The molecule has 0 fully saturated rings. The van der Waals surface area contributed by atoms with Crippen LogP contribution in [0.3, 0.4) is 0 Å². The molecule has 102 valence electrons. The summed E-state index contributed by atoms with van der Waals surface area (Å²) in [6.07, 6.45) is 2.96. The average Bonchev–Trinajstić information content (AvgIpc) is 2.98. The molecule has 0 saturated carbocycles. The highest BCUT2D eigenvalue weighted by molar-refractivity contribution is 7.12. The lowest BCUT2D eigenvalue weighted by Crippen LogP contribution is -2.40. The van der Waals surface area contributed by atoms with Gasteiger partial charge in [0.25, 0.3) is 11.8 Å². The van der Waals surface area contributed by atoms with E-state index in [1.807, 2.05) is 0 Å². The van der Waals surface area contributed by atoms with Crippen LogP contribution in [0.1, 0.15) is 15.2 Å². The molecular weight excluding hydrogens is 296 g/mol. The van der Waals surface area contributed by atoms with Crippen LogP contribution in [0.2, 0.25) is 5.02 Å². The predicted octanol–water partition coefficient (Wildman–Crippen LogP) is 2.88. The first-order valence-corrected chi connectivity index (χ1v) is 6.98. The first-order valence-electron chi connectivity index (χ1n) is 5.72. The number of halogens is 1. The van der Waals surface area contributed by atoms with Gasteiger partial charge in [-0.15, -0.1) is 11.3 Å². The van der Waals surface area contributed by atoms with Crippen LogP contribution < -0.4 is 10.9 Å². The minimum absolute atomic E-state index is 0.340. The molecule has 4 nitrogen and oxygen atoms in total. The molecule has 0 atom stereocenters. The third-order valence-electron chi connectivity index (χ3n) is 2.34. The number of hydrogen-bond acceptors (Lipinski definition) is 3. The van der Waals surface area contributed by atoms with E-state index >= 15 is 0 Å². The lowest BCUT2D eigenvalue weighted by Gasteiger charge is -2.02. The highest BCUT2D eigenvalue weighted by atomic mass is 35.5. The lowest BCUT2D eigenvalue weighted by atomic mass is 10.2. The molecule has 0 unspecified atom stereocenters. The molecular formula is C14H11ClN2O2S. The molecule has 2 aromatic rings. The Morgan fingerprint density at radius 3 is 2.50 bits per heavy atom. The fourth-order valence-electron chi connectivity index (χ4n) is 1.38. The number of thiophene rings is 1. The Morgan fingerprint density at radius 2 is 1.85 bits per heavy atom. The maximum Gasteiger partial charge on any atom is 0.279 e. The molecule has 2 N–H and O–H groups in total. The molecule has 1 heterocycles. The predicted molar refractivity (Wildman–Crippen MR) is 80.4 cm³/mol. The van der Waals surface area contributed by atoms with Crippen LogP contribution >= 0.6 is 22.9 Å². The number of carbonyl (C=O) groups excluding carboxylic acids is 2. The first kappa shape index (κ1) is 14.3. The molecule has 0 aliphatic carbocycles. The number of hydrogen-bond donors (Lipinski definition) is 2. The van der Waals surface area contributed by atoms with Crippen molar-refractivity contribution in [1.82, 2.24) is 10.9 Å². The Balaban J connectivity index is 1.83. The fraction of sp³-hybridized carbons (Fsp3) is 0. The molecule has 0 aliphatic rings. The zero-order valence-electron chi connectivity index (χ0n) is 10.3. The normalized spacial score (nSPS) is 10.4. The standard InChI is InChI=1S/C14H11ClN2O2S/c15-11-6-3-10(4-7-11)5-8-13(18)16-17-14(19)12-2-1-9-20-12/h1-9H,(H,16,18)(H,17,19). The second kappa shape index (κ2) is 6.88. The van der Waals surface area contributed by atoms with Gasteiger partial charge in [-0.2, -0.15) is 0 Å². The zero-order valence-corrected chi connectivity index (χ0v) is 11.9. The maximum atomic E-state index is 11.6. The SMILES string of the molecule is O=C(C=Cc1ccc(Cl)cc1)NNC(=O)c1cccs1. The van der Waals surface area contributed by atoms with E-state index in [1.54, 1.807) is 47.9 Å². The molecule has 20 heavy (non-hydrogen) atoms. The van der Waals surface area contributed by atoms with E-state index in [2.05, 4.69) is 10.9 Å². The van der Waals surface area contributed by atoms with Gasteiger partial charge in [0.1, 0.15) is 0 Å². The van der Waals surface area contributed by atoms with E-state index in [0.29, 0.717) is 9.90 Å². The van der Waals surface area contributed by atoms with Crippen LogP contribution in [-0.4, -0.2) is 11.8 Å². The Hall–Kier alpha value is -2.11. The van der Waals surface area contributed by atoms with Crippen molar-refractivity contribution in [2.24, 2.45) is 0 Å². The van der Waals surface area contributed by atoms with Gasteiger partial charge in [-0.05, 0) is 35.2 Å². The minimum Gasteiger partial charge on any atom is -0.268 e. The van der Waals surface area contributed by atoms with Gasteiger partial charge in [0.05, 0.1) is 4.88 Å². The maximum absolute atomic E-state index is 11.6. The molecule has 1 aromatic carbocycles. The van der Waals surface area contributed by atoms with Crippen molar-refractivity contribution >= 4 is 40.8 Å². The van der Waals surface area contributed by atoms with Gasteiger partial charge in [0.15, 0.2) is 0 Å². The molecule has 0 spiro atoms. The van der Waals surface area contributed by atoms with Gasteiger partial charge in [-0.3, -0.25) is 20.4 Å². The molecule has 0 saturated heterocycles. The number of nitrogens with one attached hydrogen (secondary N) is 2. The topological polar surface area (TPSA) is 58.2 Å². The third kappa shape index (κ3) is 4.22. The molecule has 0 radical (unpaired) electrons. The summed E-state index contributed by atoms with van der Waals surface area (Å²) < 4.78 is 0. The summed E-state index contributed by atoms with van der Waals surface area (Å²) in [6, 6.07) is 10.5. The van der Waals surface area contributed by atoms with Gasteiger partial charge in [0, 0.05) is 11.1 Å². The largest absolute Gasteiger partial charge is 0.279 e. The van der Waals surface area contributed by atoms with Crippen LogP contribution in [0, 0.1) is 0 Å². The van der Waals surface area contributed by atoms with Gasteiger partial charge in [0.2, 0.25) is 0 Å². The van der Waals surface area contributed by atoms with Crippen LogP contribution in [0.5, 0.6) is 0 Å². The Bertz CT molecular complexity index is 621. The lowest BCUT2D eigenvalue weighted by molar-refractivity contribution is -0.117. The monoisotopic (exact) mass is 306 g/mol. The molecule has 2 rings (SSSR count). The number of hydrazine groups is 1. The Morgan fingerprint density at radius 1 is 1.10 bits per heavy atom. The summed E-state index contributed by atoms with van der Waals surface area (Å²) in [7, 11) is 0. The zero-order chi connectivity index (χ0) is 14.4. The summed E-state index contributed by atoms with van der Waals surface area (Å²) in [5.74, 6) is -0.752. The number of benzene rings is 1. The number of amides is 2. The van der Waals surface area contributed by atoms with Crippen molar-refractivity contribution in [2.75, 3.05) is 0 Å². The average molecular weight is 307 g/mol. The van der Waals surface area contributed by atoms with E-state index in [0.717, 1.165) is 5.56 Å². The van der Waals surface area contributed by atoms with E-state index in [9.17, 15) is 9.59 Å².